The fraction of sp³-hybridized carbons (Fsp3) is 0.357. The van der Waals surface area contributed by atoms with Crippen LogP contribution < -0.4 is 5.32 Å². The summed E-state index contributed by atoms with van der Waals surface area (Å²) in [5.41, 5.74) is 1.72. The lowest BCUT2D eigenvalue weighted by Crippen LogP contribution is -2.35. The monoisotopic (exact) mass is 247 g/mol. The number of rotatable bonds is 2. The number of aryl methyl sites for hydroxylation is 1. The van der Waals surface area contributed by atoms with E-state index in [9.17, 15) is 4.79 Å². The van der Waals surface area contributed by atoms with Crippen molar-refractivity contribution in [1.29, 1.82) is 0 Å². The lowest BCUT2D eigenvalue weighted by Gasteiger charge is -2.20. The molecule has 1 N–H and O–H groups in total. The zero-order valence-electron chi connectivity index (χ0n) is 9.94. The number of thiol groups is 1. The summed E-state index contributed by atoms with van der Waals surface area (Å²) in [6.07, 6.45) is 7.32. The van der Waals surface area contributed by atoms with Gasteiger partial charge >= 0.3 is 0 Å². The first kappa shape index (κ1) is 12.2. The fourth-order valence-corrected chi connectivity index (χ4v) is 2.25. The molecule has 2 nitrogen and oxygen atoms in total. The molecule has 0 aromatic heterocycles. The Balaban J connectivity index is 2.08. The number of nitrogens with one attached hydrogen (secondary N) is 1. The Kier molecular flexibility index (Phi) is 3.89. The van der Waals surface area contributed by atoms with E-state index in [1.54, 1.807) is 0 Å². The molecule has 1 aliphatic rings. The molecule has 1 aliphatic carbocycles. The highest BCUT2D eigenvalue weighted by Gasteiger charge is 2.15. The molecule has 0 heterocycles. The second-order valence-corrected chi connectivity index (χ2v) is 4.97. The second-order valence-electron chi connectivity index (χ2n) is 4.45. The zero-order chi connectivity index (χ0) is 12.3. The molecule has 90 valence electrons. The summed E-state index contributed by atoms with van der Waals surface area (Å²) in [7, 11) is 0. The van der Waals surface area contributed by atoms with Crippen LogP contribution in [0.1, 0.15) is 35.2 Å². The molecule has 0 spiro atoms. The maximum atomic E-state index is 12.1. The maximum absolute atomic E-state index is 12.1. The van der Waals surface area contributed by atoms with E-state index in [4.69, 9.17) is 0 Å². The van der Waals surface area contributed by atoms with E-state index in [1.807, 2.05) is 25.1 Å². The number of carbonyl (C=O) groups excluding carboxylic acids is 1. The third-order valence-electron chi connectivity index (χ3n) is 3.07. The van der Waals surface area contributed by atoms with Gasteiger partial charge in [-0.1, -0.05) is 18.2 Å². The van der Waals surface area contributed by atoms with Crippen LogP contribution in [0.15, 0.2) is 35.2 Å². The van der Waals surface area contributed by atoms with Crippen molar-refractivity contribution in [1.82, 2.24) is 5.32 Å². The molecule has 0 aliphatic heterocycles. The summed E-state index contributed by atoms with van der Waals surface area (Å²) in [6, 6.07) is 5.93. The summed E-state index contributed by atoms with van der Waals surface area (Å²) in [5, 5.41) is 3.08. The van der Waals surface area contributed by atoms with Crippen molar-refractivity contribution in [2.75, 3.05) is 0 Å². The minimum absolute atomic E-state index is 0.0127. The van der Waals surface area contributed by atoms with E-state index in [1.165, 1.54) is 0 Å². The van der Waals surface area contributed by atoms with Crippen molar-refractivity contribution < 1.29 is 4.79 Å². The fourth-order valence-electron chi connectivity index (χ4n) is 2.04. The number of hydrogen-bond acceptors (Lipinski definition) is 2. The van der Waals surface area contributed by atoms with Crippen molar-refractivity contribution in [2.24, 2.45) is 0 Å². The molecule has 1 aromatic carbocycles. The highest BCUT2D eigenvalue weighted by molar-refractivity contribution is 7.80. The molecule has 1 atom stereocenters. The maximum Gasteiger partial charge on any atom is 0.251 e. The lowest BCUT2D eigenvalue weighted by atomic mass is 10.0. The van der Waals surface area contributed by atoms with E-state index in [0.29, 0.717) is 0 Å². The predicted octanol–water partition coefficient (Wildman–Crippen LogP) is 3.12. The molecule has 0 radical (unpaired) electrons. The van der Waals surface area contributed by atoms with E-state index in [2.05, 4.69) is 30.1 Å². The Labute approximate surface area is 108 Å². The SMILES string of the molecule is Cc1ccc(S)cc1C(=O)NC1CC=CCC1. The van der Waals surface area contributed by atoms with Crippen molar-refractivity contribution >= 4 is 18.5 Å². The van der Waals surface area contributed by atoms with E-state index >= 15 is 0 Å². The number of allylic oxidation sites excluding steroid dienone is 1. The quantitative estimate of drug-likeness (QED) is 0.610. The first-order valence-corrected chi connectivity index (χ1v) is 6.37. The van der Waals surface area contributed by atoms with Crippen LogP contribution in [0.4, 0.5) is 0 Å². The number of benzene rings is 1. The minimum atomic E-state index is 0.0127. The third-order valence-corrected chi connectivity index (χ3v) is 3.35. The summed E-state index contributed by atoms with van der Waals surface area (Å²) in [4.78, 5) is 12.9. The normalized spacial score (nSPS) is 19.1. The summed E-state index contributed by atoms with van der Waals surface area (Å²) in [6.45, 7) is 1.95. The lowest BCUT2D eigenvalue weighted by molar-refractivity contribution is 0.0934. The van der Waals surface area contributed by atoms with Crippen LogP contribution in [0.3, 0.4) is 0 Å². The smallest absolute Gasteiger partial charge is 0.251 e. The van der Waals surface area contributed by atoms with Gasteiger partial charge in [0.25, 0.3) is 5.91 Å². The average Bonchev–Trinajstić information content (AvgIpc) is 2.33. The van der Waals surface area contributed by atoms with Crippen LogP contribution >= 0.6 is 12.6 Å². The number of carbonyl (C=O) groups is 1. The van der Waals surface area contributed by atoms with Crippen LogP contribution in [-0.2, 0) is 0 Å². The standard InChI is InChI=1S/C14H17NOS/c1-10-7-8-12(17)9-13(10)14(16)15-11-5-3-2-4-6-11/h2-3,7-9,11,17H,4-6H2,1H3,(H,15,16). The zero-order valence-corrected chi connectivity index (χ0v) is 10.8. The van der Waals surface area contributed by atoms with Crippen molar-refractivity contribution in [3.8, 4) is 0 Å². The Bertz CT molecular complexity index is 454. The Morgan fingerprint density at radius 1 is 1.41 bits per heavy atom. The van der Waals surface area contributed by atoms with Crippen LogP contribution in [0, 0.1) is 6.92 Å². The minimum Gasteiger partial charge on any atom is -0.349 e. The van der Waals surface area contributed by atoms with Gasteiger partial charge in [-0.05, 0) is 43.9 Å². The Hall–Kier alpha value is -1.22. The van der Waals surface area contributed by atoms with Crippen LogP contribution in [0.5, 0.6) is 0 Å². The predicted molar refractivity (Wildman–Crippen MR) is 72.7 cm³/mol. The van der Waals surface area contributed by atoms with Crippen molar-refractivity contribution in [3.63, 3.8) is 0 Å². The first-order chi connectivity index (χ1) is 8.16. The first-order valence-electron chi connectivity index (χ1n) is 5.92. The van der Waals surface area contributed by atoms with Gasteiger partial charge in [-0.15, -0.1) is 12.6 Å². The van der Waals surface area contributed by atoms with Gasteiger partial charge in [-0.3, -0.25) is 4.79 Å². The molecule has 1 amide bonds. The summed E-state index contributed by atoms with van der Waals surface area (Å²) < 4.78 is 0. The van der Waals surface area contributed by atoms with Crippen molar-refractivity contribution in [2.45, 2.75) is 37.1 Å². The molecule has 0 saturated carbocycles. The molecular weight excluding hydrogens is 230 g/mol. The van der Waals surface area contributed by atoms with Gasteiger partial charge in [0.1, 0.15) is 0 Å². The van der Waals surface area contributed by atoms with Gasteiger partial charge in [-0.25, -0.2) is 0 Å². The van der Waals surface area contributed by atoms with Crippen LogP contribution in [0.2, 0.25) is 0 Å². The molecule has 3 heteroatoms. The van der Waals surface area contributed by atoms with Gasteiger partial charge in [-0.2, -0.15) is 0 Å². The number of amides is 1. The Morgan fingerprint density at radius 3 is 2.94 bits per heavy atom. The Morgan fingerprint density at radius 2 is 2.24 bits per heavy atom. The molecule has 0 fully saturated rings. The van der Waals surface area contributed by atoms with Crippen LogP contribution in [0.25, 0.3) is 0 Å². The molecule has 1 aromatic rings. The largest absolute Gasteiger partial charge is 0.349 e. The summed E-state index contributed by atoms with van der Waals surface area (Å²) in [5.74, 6) is 0.0127. The second kappa shape index (κ2) is 5.41. The van der Waals surface area contributed by atoms with Crippen LogP contribution in [-0.4, -0.2) is 11.9 Å². The molecule has 1 unspecified atom stereocenters. The highest BCUT2D eigenvalue weighted by Crippen LogP contribution is 2.16. The van der Waals surface area contributed by atoms with Gasteiger partial charge in [0.05, 0.1) is 0 Å². The van der Waals surface area contributed by atoms with Gasteiger partial charge < -0.3 is 5.32 Å². The summed E-state index contributed by atoms with van der Waals surface area (Å²) >= 11 is 4.27. The van der Waals surface area contributed by atoms with Crippen molar-refractivity contribution in [3.05, 3.63) is 41.5 Å². The van der Waals surface area contributed by atoms with E-state index in [-0.39, 0.29) is 11.9 Å². The topological polar surface area (TPSA) is 29.1 Å². The molecule has 17 heavy (non-hydrogen) atoms. The average molecular weight is 247 g/mol. The van der Waals surface area contributed by atoms with E-state index in [0.717, 1.165) is 35.3 Å². The molecule has 0 bridgehead atoms. The van der Waals surface area contributed by atoms with Gasteiger partial charge in [0.15, 0.2) is 0 Å². The molecular formula is C14H17NOS. The third kappa shape index (κ3) is 3.13. The molecule has 0 saturated heterocycles. The van der Waals surface area contributed by atoms with Gasteiger partial charge in [0, 0.05) is 16.5 Å². The number of hydrogen-bond donors (Lipinski definition) is 2. The highest BCUT2D eigenvalue weighted by atomic mass is 32.1. The van der Waals surface area contributed by atoms with Gasteiger partial charge in [0.2, 0.25) is 0 Å². The molecule has 2 rings (SSSR count). The van der Waals surface area contributed by atoms with E-state index < -0.39 is 0 Å².